The van der Waals surface area contributed by atoms with E-state index in [1.54, 1.807) is 0 Å². The number of thiol groups is 1. The quantitative estimate of drug-likeness (QED) is 0.634. The van der Waals surface area contributed by atoms with Gasteiger partial charge in [-0.2, -0.15) is 0 Å². The maximum absolute atomic E-state index is 4.70. The molecule has 0 spiro atoms. The van der Waals surface area contributed by atoms with Crippen molar-refractivity contribution in [1.82, 2.24) is 0 Å². The molecule has 0 heterocycles. The molecule has 0 bridgehead atoms. The molecule has 0 N–H and O–H groups in total. The van der Waals surface area contributed by atoms with Crippen LogP contribution in [0.3, 0.4) is 0 Å². The largest absolute Gasteiger partial charge is 0.143 e. The molecule has 0 nitrogen and oxygen atoms in total. The summed E-state index contributed by atoms with van der Waals surface area (Å²) in [5, 5.41) is 0. The Labute approximate surface area is 134 Å². The van der Waals surface area contributed by atoms with Crippen LogP contribution in [0.1, 0.15) is 51.0 Å². The maximum Gasteiger partial charge on any atom is 0.00749 e. The van der Waals surface area contributed by atoms with Crippen molar-refractivity contribution in [3.63, 3.8) is 0 Å². The van der Waals surface area contributed by atoms with Crippen LogP contribution in [0.4, 0.5) is 0 Å². The first-order chi connectivity index (χ1) is 10.1. The molecule has 0 aliphatic heterocycles. The Bertz CT molecular complexity index is 557. The fraction of sp³-hybridized carbons (Fsp3) is 0.500. The summed E-state index contributed by atoms with van der Waals surface area (Å²) in [4.78, 5) is 1.17. The first kappa shape index (κ1) is 15.0. The van der Waals surface area contributed by atoms with Gasteiger partial charge in [0.25, 0.3) is 0 Å². The van der Waals surface area contributed by atoms with Gasteiger partial charge < -0.3 is 0 Å². The van der Waals surface area contributed by atoms with Crippen molar-refractivity contribution in [2.75, 3.05) is 0 Å². The predicted molar refractivity (Wildman–Crippen MR) is 93.9 cm³/mol. The summed E-state index contributed by atoms with van der Waals surface area (Å²) in [6.07, 6.45) is 14.4. The monoisotopic (exact) mass is 298 g/mol. The minimum atomic E-state index is 0.332. The zero-order chi connectivity index (χ0) is 14.9. The van der Waals surface area contributed by atoms with Crippen molar-refractivity contribution in [2.45, 2.75) is 50.3 Å². The topological polar surface area (TPSA) is 0 Å². The van der Waals surface area contributed by atoms with Gasteiger partial charge in [0.1, 0.15) is 0 Å². The van der Waals surface area contributed by atoms with Crippen LogP contribution < -0.4 is 0 Å². The van der Waals surface area contributed by atoms with Gasteiger partial charge in [0.2, 0.25) is 0 Å². The van der Waals surface area contributed by atoms with Gasteiger partial charge in [-0.3, -0.25) is 0 Å². The van der Waals surface area contributed by atoms with Gasteiger partial charge in [0.15, 0.2) is 0 Å². The highest BCUT2D eigenvalue weighted by Gasteiger charge is 2.41. The van der Waals surface area contributed by atoms with Crippen molar-refractivity contribution in [3.8, 4) is 0 Å². The number of rotatable bonds is 2. The average molecular weight is 298 g/mol. The zero-order valence-electron chi connectivity index (χ0n) is 13.1. The van der Waals surface area contributed by atoms with E-state index in [1.807, 2.05) is 0 Å². The number of benzene rings is 1. The Morgan fingerprint density at radius 3 is 2.67 bits per heavy atom. The standard InChI is InChI=1S/C20H26S/c1-15-16(17-9-4-5-12-19(17)21)10-8-11-18(15)20(2)13-6-3-7-14-20/h3-7,9,12-13,15-16,18,21H,8,10-11,14H2,1-2H3. The third kappa shape index (κ3) is 2.85. The third-order valence-corrected chi connectivity index (χ3v) is 6.17. The van der Waals surface area contributed by atoms with Crippen LogP contribution in [0.25, 0.3) is 0 Å². The highest BCUT2D eigenvalue weighted by atomic mass is 32.1. The van der Waals surface area contributed by atoms with E-state index in [2.05, 4.69) is 62.4 Å². The summed E-state index contributed by atoms with van der Waals surface area (Å²) in [7, 11) is 0. The summed E-state index contributed by atoms with van der Waals surface area (Å²) >= 11 is 4.70. The fourth-order valence-electron chi connectivity index (χ4n) is 4.55. The van der Waals surface area contributed by atoms with E-state index >= 15 is 0 Å². The van der Waals surface area contributed by atoms with E-state index in [9.17, 15) is 0 Å². The van der Waals surface area contributed by atoms with Crippen LogP contribution in [0.5, 0.6) is 0 Å². The molecule has 1 aromatic carbocycles. The van der Waals surface area contributed by atoms with Crippen LogP contribution in [0.15, 0.2) is 53.5 Å². The molecule has 0 radical (unpaired) electrons. The molecule has 0 saturated heterocycles. The van der Waals surface area contributed by atoms with E-state index in [1.165, 1.54) is 36.1 Å². The second kappa shape index (κ2) is 6.04. The lowest BCUT2D eigenvalue weighted by Gasteiger charge is -2.46. The van der Waals surface area contributed by atoms with Crippen LogP contribution in [-0.2, 0) is 0 Å². The molecule has 21 heavy (non-hydrogen) atoms. The van der Waals surface area contributed by atoms with E-state index in [0.717, 1.165) is 5.92 Å². The molecule has 1 heteroatoms. The lowest BCUT2D eigenvalue weighted by Crippen LogP contribution is -2.36. The van der Waals surface area contributed by atoms with Crippen molar-refractivity contribution in [2.24, 2.45) is 17.3 Å². The highest BCUT2D eigenvalue weighted by molar-refractivity contribution is 7.80. The molecule has 4 atom stereocenters. The summed E-state index contributed by atoms with van der Waals surface area (Å²) in [5.41, 5.74) is 1.79. The van der Waals surface area contributed by atoms with Crippen molar-refractivity contribution in [3.05, 3.63) is 54.1 Å². The fourth-order valence-corrected chi connectivity index (χ4v) is 4.88. The highest BCUT2D eigenvalue weighted by Crippen LogP contribution is 2.51. The zero-order valence-corrected chi connectivity index (χ0v) is 14.0. The van der Waals surface area contributed by atoms with Gasteiger partial charge in [0.05, 0.1) is 0 Å². The Kier molecular flexibility index (Phi) is 4.31. The van der Waals surface area contributed by atoms with Crippen LogP contribution in [0.2, 0.25) is 0 Å². The van der Waals surface area contributed by atoms with Gasteiger partial charge in [0, 0.05) is 4.90 Å². The van der Waals surface area contributed by atoms with E-state index in [0.29, 0.717) is 17.3 Å². The van der Waals surface area contributed by atoms with Gasteiger partial charge in [-0.15, -0.1) is 12.6 Å². The van der Waals surface area contributed by atoms with E-state index in [4.69, 9.17) is 12.6 Å². The number of hydrogen-bond donors (Lipinski definition) is 1. The summed E-state index contributed by atoms with van der Waals surface area (Å²) < 4.78 is 0. The van der Waals surface area contributed by atoms with Crippen LogP contribution in [-0.4, -0.2) is 0 Å². The van der Waals surface area contributed by atoms with Crippen LogP contribution >= 0.6 is 12.6 Å². The molecule has 0 amide bonds. The normalized spacial score (nSPS) is 35.9. The first-order valence-electron chi connectivity index (χ1n) is 8.24. The maximum atomic E-state index is 4.70. The lowest BCUT2D eigenvalue weighted by atomic mass is 9.59. The van der Waals surface area contributed by atoms with Gasteiger partial charge in [-0.25, -0.2) is 0 Å². The van der Waals surface area contributed by atoms with Crippen molar-refractivity contribution < 1.29 is 0 Å². The molecule has 112 valence electrons. The molecule has 2 aliphatic carbocycles. The van der Waals surface area contributed by atoms with Gasteiger partial charge >= 0.3 is 0 Å². The van der Waals surface area contributed by atoms with Crippen molar-refractivity contribution >= 4 is 12.6 Å². The third-order valence-electron chi connectivity index (χ3n) is 5.76. The Balaban J connectivity index is 1.87. The smallest absolute Gasteiger partial charge is 0.00749 e. The molecule has 4 unspecified atom stereocenters. The molecule has 0 aromatic heterocycles. The minimum absolute atomic E-state index is 0.332. The van der Waals surface area contributed by atoms with Gasteiger partial charge in [-0.05, 0) is 54.1 Å². The SMILES string of the molecule is CC1C(c2ccccc2S)CCCC1C1(C)C=CC=CC1. The average Bonchev–Trinajstić information content (AvgIpc) is 2.49. The Hall–Kier alpha value is -0.950. The summed E-state index contributed by atoms with van der Waals surface area (Å²) in [5.74, 6) is 2.15. The summed E-state index contributed by atoms with van der Waals surface area (Å²) in [6.45, 7) is 4.91. The molecular weight excluding hydrogens is 272 g/mol. The second-order valence-corrected chi connectivity index (χ2v) is 7.54. The predicted octanol–water partition coefficient (Wildman–Crippen LogP) is 6.02. The molecule has 3 rings (SSSR count). The molecule has 2 aliphatic rings. The van der Waals surface area contributed by atoms with Gasteiger partial charge in [-0.1, -0.05) is 62.8 Å². The molecule has 1 fully saturated rings. The van der Waals surface area contributed by atoms with E-state index < -0.39 is 0 Å². The second-order valence-electron chi connectivity index (χ2n) is 7.06. The first-order valence-corrected chi connectivity index (χ1v) is 8.69. The Morgan fingerprint density at radius 2 is 1.95 bits per heavy atom. The molecule has 1 aromatic rings. The summed E-state index contributed by atoms with van der Waals surface area (Å²) in [6, 6.07) is 8.67. The van der Waals surface area contributed by atoms with E-state index in [-0.39, 0.29) is 0 Å². The molecular formula is C20H26S. The number of allylic oxidation sites excluding steroid dienone is 4. The lowest BCUT2D eigenvalue weighted by molar-refractivity contribution is 0.109. The number of hydrogen-bond acceptors (Lipinski definition) is 1. The minimum Gasteiger partial charge on any atom is -0.143 e. The Morgan fingerprint density at radius 1 is 1.14 bits per heavy atom. The van der Waals surface area contributed by atoms with Crippen molar-refractivity contribution in [1.29, 1.82) is 0 Å². The molecule has 1 saturated carbocycles. The van der Waals surface area contributed by atoms with Crippen LogP contribution in [0, 0.1) is 17.3 Å².